The quantitative estimate of drug-likeness (QED) is 0.291. The number of methoxy groups -OCH3 is 1. The summed E-state index contributed by atoms with van der Waals surface area (Å²) in [5.74, 6) is 0.795. The molecule has 6 rings (SSSR count). The van der Waals surface area contributed by atoms with E-state index in [9.17, 15) is 18.0 Å². The van der Waals surface area contributed by atoms with Crippen molar-refractivity contribution in [2.24, 2.45) is 0 Å². The minimum Gasteiger partial charge on any atom is -0.496 e. The zero-order valence-corrected chi connectivity index (χ0v) is 26.2. The number of carbonyl (C=O) groups is 2. The number of carbonyl (C=O) groups excluding carboxylic acids is 2. The molecule has 12 heteroatoms. The van der Waals surface area contributed by atoms with Crippen LogP contribution in [0.4, 0.5) is 22.0 Å². The van der Waals surface area contributed by atoms with Crippen molar-refractivity contribution >= 4 is 49.7 Å². The molecule has 1 aliphatic heterocycles. The number of nitrogens with one attached hydrogen (secondary N) is 2. The van der Waals surface area contributed by atoms with Gasteiger partial charge in [-0.25, -0.2) is 18.2 Å². The summed E-state index contributed by atoms with van der Waals surface area (Å²) >= 11 is 0. The number of pyridine rings is 1. The van der Waals surface area contributed by atoms with Gasteiger partial charge < -0.3 is 30.9 Å². The summed E-state index contributed by atoms with van der Waals surface area (Å²) in [6.07, 6.45) is 3.33. The molecular weight excluding hydrogens is 592 g/mol. The van der Waals surface area contributed by atoms with E-state index in [4.69, 9.17) is 10.5 Å². The Morgan fingerprint density at radius 1 is 0.978 bits per heavy atom. The zero-order valence-electron chi connectivity index (χ0n) is 25.4. The Morgan fingerprint density at radius 2 is 1.78 bits per heavy atom. The predicted octanol–water partition coefficient (Wildman–Crippen LogP) is 4.59. The summed E-state index contributed by atoms with van der Waals surface area (Å²) in [4.78, 5) is 34.9. The lowest BCUT2D eigenvalue weighted by Crippen LogP contribution is -2.35. The summed E-state index contributed by atoms with van der Waals surface area (Å²) in [5, 5.41) is 7.54. The van der Waals surface area contributed by atoms with Crippen molar-refractivity contribution in [2.75, 3.05) is 44.1 Å². The number of sulfone groups is 1. The molecule has 1 fully saturated rings. The van der Waals surface area contributed by atoms with Crippen molar-refractivity contribution in [1.82, 2.24) is 14.8 Å². The lowest BCUT2D eigenvalue weighted by molar-refractivity contribution is -0.131. The first kappa shape index (κ1) is 30.2. The number of hydrogen-bond donors (Lipinski definition) is 3. The second-order valence-electron chi connectivity index (χ2n) is 11.6. The first-order valence-electron chi connectivity index (χ1n) is 14.8. The number of anilines is 3. The highest BCUT2D eigenvalue weighted by atomic mass is 32.2. The molecule has 4 N–H and O–H groups in total. The van der Waals surface area contributed by atoms with E-state index in [0.29, 0.717) is 59.9 Å². The number of rotatable bonds is 5. The number of urea groups is 1. The van der Waals surface area contributed by atoms with Crippen LogP contribution in [0.3, 0.4) is 0 Å². The third-order valence-electron chi connectivity index (χ3n) is 8.42. The maximum atomic E-state index is 14.3. The maximum Gasteiger partial charge on any atom is 0.321 e. The molecule has 1 aromatic heterocycles. The smallest absolute Gasteiger partial charge is 0.321 e. The summed E-state index contributed by atoms with van der Waals surface area (Å²) in [6.45, 7) is 0.388. The lowest BCUT2D eigenvalue weighted by atomic mass is 9.99. The molecule has 4 bridgehead atoms. The van der Waals surface area contributed by atoms with E-state index in [2.05, 4.69) is 15.6 Å². The molecule has 2 heterocycles. The Bertz CT molecular complexity index is 1910. The van der Waals surface area contributed by atoms with Gasteiger partial charge in [-0.3, -0.25) is 4.79 Å². The highest BCUT2D eigenvalue weighted by Crippen LogP contribution is 2.37. The van der Waals surface area contributed by atoms with Gasteiger partial charge in [0.05, 0.1) is 17.3 Å². The number of nitrogens with two attached hydrogens (primary N) is 1. The number of hydrogen-bond acceptors (Lipinski definition) is 8. The van der Waals surface area contributed by atoms with E-state index >= 15 is 0 Å². The van der Waals surface area contributed by atoms with E-state index in [1.165, 1.54) is 11.0 Å². The Hall–Kier alpha value is -4.84. The fourth-order valence-electron chi connectivity index (χ4n) is 5.70. The van der Waals surface area contributed by atoms with Crippen LogP contribution in [0.25, 0.3) is 10.8 Å². The van der Waals surface area contributed by atoms with E-state index in [0.717, 1.165) is 16.3 Å². The van der Waals surface area contributed by atoms with Crippen LogP contribution < -0.4 is 21.1 Å². The molecule has 2 aliphatic rings. The van der Waals surface area contributed by atoms with Crippen molar-refractivity contribution in [3.63, 3.8) is 0 Å². The van der Waals surface area contributed by atoms with Crippen LogP contribution in [-0.4, -0.2) is 68.1 Å². The number of nitrogen functional groups attached to an aromatic ring is 1. The Labute approximate surface area is 262 Å². The third kappa shape index (κ3) is 6.10. The summed E-state index contributed by atoms with van der Waals surface area (Å²) in [6, 6.07) is 16.7. The van der Waals surface area contributed by atoms with Crippen LogP contribution in [-0.2, 0) is 27.6 Å². The molecule has 1 saturated carbocycles. The second-order valence-corrected chi connectivity index (χ2v) is 13.8. The molecule has 11 nitrogen and oxygen atoms in total. The molecule has 234 valence electrons. The number of nitrogens with zero attached hydrogens (tertiary/aromatic N) is 3. The fourth-order valence-corrected chi connectivity index (χ4v) is 7.56. The minimum atomic E-state index is -3.58. The van der Waals surface area contributed by atoms with Gasteiger partial charge >= 0.3 is 6.03 Å². The van der Waals surface area contributed by atoms with Gasteiger partial charge in [-0.15, -0.1) is 0 Å². The van der Waals surface area contributed by atoms with Crippen molar-refractivity contribution in [1.29, 1.82) is 0 Å². The molecule has 4 aromatic rings. The lowest BCUT2D eigenvalue weighted by Gasteiger charge is -2.27. The maximum absolute atomic E-state index is 14.3. The van der Waals surface area contributed by atoms with E-state index < -0.39 is 21.1 Å². The van der Waals surface area contributed by atoms with Crippen LogP contribution in [0, 0.1) is 0 Å². The normalized spacial score (nSPS) is 17.8. The molecule has 1 unspecified atom stereocenters. The molecule has 1 atom stereocenters. The zero-order chi connectivity index (χ0) is 31.9. The van der Waals surface area contributed by atoms with Crippen molar-refractivity contribution < 1.29 is 22.7 Å². The highest BCUT2D eigenvalue weighted by Gasteiger charge is 2.38. The molecule has 3 aromatic carbocycles. The standard InChI is InChI=1S/C33H36N6O5S/c1-38-15-13-21-16-22(4-10-28(21)44-3)30(36-24-5-9-27-20(17-24)12-14-35-31(27)34)32(40)39(2)19-23-18-25(37-33(38)41)6-11-29(23)45(42,43)26-7-8-26/h4-6,9-12,14,16-18,26,30,36H,7-8,13,15,19H2,1-3H3,(H2,34,35)(H,37,41). The van der Waals surface area contributed by atoms with Crippen molar-refractivity contribution in [2.45, 2.75) is 42.0 Å². The van der Waals surface area contributed by atoms with Gasteiger partial charge in [0, 0.05) is 50.1 Å². The number of fused-ring (bicyclic) bond motifs is 5. The molecule has 0 spiro atoms. The fraction of sp³-hybridized carbons (Fsp3) is 0.303. The average Bonchev–Trinajstić information content (AvgIpc) is 3.88. The Balaban J connectivity index is 1.45. The van der Waals surface area contributed by atoms with Gasteiger partial charge in [-0.05, 0) is 95.9 Å². The largest absolute Gasteiger partial charge is 0.496 e. The topological polar surface area (TPSA) is 147 Å². The minimum absolute atomic E-state index is 0.0147. The number of amides is 3. The number of benzene rings is 3. The van der Waals surface area contributed by atoms with Gasteiger partial charge in [0.15, 0.2) is 9.84 Å². The van der Waals surface area contributed by atoms with Crippen molar-refractivity contribution in [3.8, 4) is 5.75 Å². The molecule has 3 amide bonds. The monoisotopic (exact) mass is 628 g/mol. The van der Waals surface area contributed by atoms with Crippen LogP contribution in [0.2, 0.25) is 0 Å². The van der Waals surface area contributed by atoms with Gasteiger partial charge in [-0.2, -0.15) is 0 Å². The van der Waals surface area contributed by atoms with E-state index in [-0.39, 0.29) is 23.4 Å². The molecule has 1 aliphatic carbocycles. The molecular formula is C33H36N6O5S. The first-order chi connectivity index (χ1) is 21.5. The van der Waals surface area contributed by atoms with Crippen LogP contribution in [0.1, 0.15) is 35.6 Å². The van der Waals surface area contributed by atoms with E-state index in [1.807, 2.05) is 42.5 Å². The average molecular weight is 629 g/mol. The number of aromatic nitrogens is 1. The molecule has 0 saturated heterocycles. The SMILES string of the molecule is COc1ccc2cc1CCN(C)C(=O)Nc1ccc(S(=O)(=O)C3CC3)c(c1)CN(C)C(=O)C2Nc1ccc2c(N)nccc2c1. The third-order valence-corrected chi connectivity index (χ3v) is 10.8. The van der Waals surface area contributed by atoms with Gasteiger partial charge in [0.25, 0.3) is 0 Å². The first-order valence-corrected chi connectivity index (χ1v) is 16.3. The van der Waals surface area contributed by atoms with Gasteiger partial charge in [-0.1, -0.05) is 6.07 Å². The molecule has 45 heavy (non-hydrogen) atoms. The number of ether oxygens (including phenoxy) is 1. The highest BCUT2D eigenvalue weighted by molar-refractivity contribution is 7.92. The Kier molecular flexibility index (Phi) is 8.00. The summed E-state index contributed by atoms with van der Waals surface area (Å²) < 4.78 is 32.5. The van der Waals surface area contributed by atoms with Crippen molar-refractivity contribution in [3.05, 3.63) is 83.6 Å². The second kappa shape index (κ2) is 11.9. The summed E-state index contributed by atoms with van der Waals surface area (Å²) in [5.41, 5.74) is 9.18. The van der Waals surface area contributed by atoms with E-state index in [1.54, 1.807) is 44.4 Å². The molecule has 0 radical (unpaired) electrons. The summed E-state index contributed by atoms with van der Waals surface area (Å²) in [7, 11) is 1.35. The van der Waals surface area contributed by atoms with Gasteiger partial charge in [0.2, 0.25) is 5.91 Å². The van der Waals surface area contributed by atoms with Crippen LogP contribution in [0.15, 0.2) is 71.8 Å². The van der Waals surface area contributed by atoms with Gasteiger partial charge in [0.1, 0.15) is 17.6 Å². The van der Waals surface area contributed by atoms with Crippen LogP contribution >= 0.6 is 0 Å². The predicted molar refractivity (Wildman–Crippen MR) is 174 cm³/mol. The number of likely N-dealkylation sites (N-methyl/N-ethyl adjacent to an activating group) is 2. The Morgan fingerprint density at radius 3 is 2.53 bits per heavy atom. The van der Waals surface area contributed by atoms with Crippen LogP contribution in [0.5, 0.6) is 5.75 Å².